The number of amides is 4. The Hall–Kier alpha value is -6.98. The Bertz CT molecular complexity index is 2450. The van der Waals surface area contributed by atoms with Crippen LogP contribution < -0.4 is 31.6 Å². The van der Waals surface area contributed by atoms with Crippen molar-refractivity contribution in [3.63, 3.8) is 0 Å². The van der Waals surface area contributed by atoms with Gasteiger partial charge in [-0.3, -0.25) is 48.3 Å². The van der Waals surface area contributed by atoms with Crippen molar-refractivity contribution < 1.29 is 28.7 Å². The van der Waals surface area contributed by atoms with Crippen LogP contribution in [0.15, 0.2) is 48.6 Å². The summed E-state index contributed by atoms with van der Waals surface area (Å²) in [7, 11) is 0. The minimum Gasteiger partial charge on any atom is -0.489 e. The van der Waals surface area contributed by atoms with E-state index < -0.39 is 11.8 Å². The van der Waals surface area contributed by atoms with Crippen molar-refractivity contribution in [1.29, 1.82) is 0 Å². The third kappa shape index (κ3) is 6.27. The number of aromatic nitrogens is 8. The Morgan fingerprint density at radius 3 is 1.48 bits per heavy atom. The fourth-order valence-corrected chi connectivity index (χ4v) is 7.43. The quantitative estimate of drug-likeness (QED) is 0.131. The van der Waals surface area contributed by atoms with Crippen LogP contribution in [-0.4, -0.2) is 75.5 Å². The Balaban J connectivity index is 1.08. The monoisotopic (exact) mass is 760 g/mol. The van der Waals surface area contributed by atoms with Gasteiger partial charge in [-0.2, -0.15) is 10.2 Å². The molecule has 2 aromatic carbocycles. The number of nitrogens with zero attached hydrogens (tertiary/aromatic N) is 8. The van der Waals surface area contributed by atoms with E-state index in [-0.39, 0.29) is 48.2 Å². The molecule has 18 nitrogen and oxygen atoms in total. The number of aryl methyl sites for hydroxylation is 4. The van der Waals surface area contributed by atoms with Gasteiger partial charge < -0.3 is 20.9 Å². The van der Waals surface area contributed by atoms with Gasteiger partial charge in [0.2, 0.25) is 23.7 Å². The third-order valence-corrected chi connectivity index (χ3v) is 9.96. The molecule has 0 spiro atoms. The predicted octanol–water partition coefficient (Wildman–Crippen LogP) is 4.04. The minimum absolute atomic E-state index is 0.230. The van der Waals surface area contributed by atoms with Crippen molar-refractivity contribution >= 4 is 57.6 Å². The number of anilines is 2. The molecule has 0 saturated heterocycles. The van der Waals surface area contributed by atoms with Gasteiger partial charge in [0.1, 0.15) is 47.1 Å². The molecule has 0 unspecified atom stereocenters. The second-order valence-corrected chi connectivity index (χ2v) is 13.8. The lowest BCUT2D eigenvalue weighted by Crippen LogP contribution is -2.26. The molecule has 6 aromatic rings. The number of carbonyl (C=O) groups is 4. The zero-order chi connectivity index (χ0) is 39.4. The van der Waals surface area contributed by atoms with Crippen molar-refractivity contribution in [1.82, 2.24) is 38.7 Å². The second-order valence-electron chi connectivity index (χ2n) is 13.8. The first-order chi connectivity index (χ1) is 26.9. The molecule has 4 amide bonds. The van der Waals surface area contributed by atoms with Gasteiger partial charge in [0.15, 0.2) is 0 Å². The van der Waals surface area contributed by atoms with Crippen molar-refractivity contribution in [2.24, 2.45) is 11.5 Å². The van der Waals surface area contributed by atoms with Crippen LogP contribution >= 0.6 is 0 Å². The van der Waals surface area contributed by atoms with Gasteiger partial charge in [-0.05, 0) is 76.9 Å². The highest BCUT2D eigenvalue weighted by atomic mass is 16.5. The molecular formula is C38H40N12O6. The van der Waals surface area contributed by atoms with Crippen molar-refractivity contribution in [3.05, 3.63) is 82.5 Å². The molecule has 2 atom stereocenters. The number of hydrogen-bond donors (Lipinski definition) is 4. The van der Waals surface area contributed by atoms with Crippen LogP contribution in [0.1, 0.15) is 91.9 Å². The number of hydrogen-bond acceptors (Lipinski definition) is 10. The van der Waals surface area contributed by atoms with E-state index in [9.17, 15) is 19.2 Å². The molecule has 0 bridgehead atoms. The number of benzene rings is 2. The molecule has 6 N–H and O–H groups in total. The summed E-state index contributed by atoms with van der Waals surface area (Å²) in [5.74, 6) is -0.528. The van der Waals surface area contributed by atoms with Gasteiger partial charge in [0.25, 0.3) is 11.8 Å². The number of primary amides is 2. The number of allylic oxidation sites excluding steroid dienone is 2. The average Bonchev–Trinajstić information content (AvgIpc) is 3.95. The highest BCUT2D eigenvalue weighted by Crippen LogP contribution is 2.40. The summed E-state index contributed by atoms with van der Waals surface area (Å²) in [6, 6.07) is 9.21. The number of rotatable bonds is 12. The predicted molar refractivity (Wildman–Crippen MR) is 205 cm³/mol. The van der Waals surface area contributed by atoms with E-state index in [1.165, 1.54) is 0 Å². The van der Waals surface area contributed by atoms with E-state index >= 15 is 0 Å². The van der Waals surface area contributed by atoms with E-state index in [1.54, 1.807) is 45.8 Å². The number of ether oxygens (including phenoxy) is 2. The maximum atomic E-state index is 13.6. The molecule has 4 aromatic heterocycles. The molecule has 0 aliphatic carbocycles. The third-order valence-electron chi connectivity index (χ3n) is 9.96. The summed E-state index contributed by atoms with van der Waals surface area (Å²) in [6.07, 6.45) is 5.02. The fraction of sp³-hybridized carbons (Fsp3) is 0.316. The van der Waals surface area contributed by atoms with Crippen LogP contribution in [0.25, 0.3) is 22.1 Å². The van der Waals surface area contributed by atoms with E-state index in [4.69, 9.17) is 30.9 Å². The normalized spacial score (nSPS) is 15.9. The van der Waals surface area contributed by atoms with Crippen LogP contribution in [-0.2, 0) is 13.1 Å². The van der Waals surface area contributed by atoms with Crippen molar-refractivity contribution in [2.45, 2.75) is 65.7 Å². The Labute approximate surface area is 319 Å². The summed E-state index contributed by atoms with van der Waals surface area (Å²) in [5.41, 5.74) is 16.1. The molecule has 0 radical (unpaired) electrons. The SMILES string of the molecule is CCn1nc(C)cc1C(=O)Nc1nc2cc(C(N)=O)cc3c2n1[C@@H](C/C=C\C[C@H]1COc2cc(C(N)=O)cc4nc(NC(=O)c5cc(C)nn5CC)n1c24)CO3. The van der Waals surface area contributed by atoms with Gasteiger partial charge in [0.05, 0.1) is 34.5 Å². The summed E-state index contributed by atoms with van der Waals surface area (Å²) in [4.78, 5) is 60.8. The lowest BCUT2D eigenvalue weighted by atomic mass is 10.1. The molecule has 2 aliphatic heterocycles. The van der Waals surface area contributed by atoms with Gasteiger partial charge >= 0.3 is 0 Å². The van der Waals surface area contributed by atoms with Crippen LogP contribution in [0.4, 0.5) is 11.9 Å². The Morgan fingerprint density at radius 1 is 0.696 bits per heavy atom. The summed E-state index contributed by atoms with van der Waals surface area (Å²) < 4.78 is 19.4. The number of nitrogens with one attached hydrogen (secondary N) is 2. The maximum absolute atomic E-state index is 13.6. The zero-order valence-corrected chi connectivity index (χ0v) is 31.2. The molecule has 18 heteroatoms. The summed E-state index contributed by atoms with van der Waals surface area (Å²) in [5, 5.41) is 14.7. The first-order valence-electron chi connectivity index (χ1n) is 18.3. The van der Waals surface area contributed by atoms with Crippen molar-refractivity contribution in [2.75, 3.05) is 23.8 Å². The van der Waals surface area contributed by atoms with E-state index in [2.05, 4.69) is 20.8 Å². The van der Waals surface area contributed by atoms with E-state index in [0.29, 0.717) is 94.2 Å². The standard InChI is InChI=1S/C38H40N12O6/c1-5-47-27(11-19(3)45-47)35(53)43-37-41-25-13-21(33(39)51)15-29-31(25)49(37)23(17-55-29)9-7-8-10-24-18-56-30-16-22(34(40)52)14-26-32(30)50(24)38(42-26)44-36(54)28-12-20(4)46-48(28)6-2/h7-8,11-16,23-24H,5-6,9-10,17-18H2,1-4H3,(H2,39,51)(H2,40,52)(H,41,43,53)(H,42,44,54)/b8-7-/t23-,24-/m0/s1. The Kier molecular flexibility index (Phi) is 9.02. The maximum Gasteiger partial charge on any atom is 0.276 e. The van der Waals surface area contributed by atoms with Gasteiger partial charge in [-0.15, -0.1) is 0 Å². The smallest absolute Gasteiger partial charge is 0.276 e. The number of carbonyl (C=O) groups excluding carboxylic acids is 4. The van der Waals surface area contributed by atoms with Crippen LogP contribution in [0.3, 0.4) is 0 Å². The van der Waals surface area contributed by atoms with Crippen LogP contribution in [0.2, 0.25) is 0 Å². The molecule has 288 valence electrons. The van der Waals surface area contributed by atoms with Crippen molar-refractivity contribution in [3.8, 4) is 11.5 Å². The van der Waals surface area contributed by atoms with Gasteiger partial charge in [-0.25, -0.2) is 9.97 Å². The molecule has 0 fully saturated rings. The summed E-state index contributed by atoms with van der Waals surface area (Å²) >= 11 is 0. The van der Waals surface area contributed by atoms with Gasteiger partial charge in [0, 0.05) is 24.2 Å². The average molecular weight is 761 g/mol. The molecule has 0 saturated carbocycles. The lowest BCUT2D eigenvalue weighted by molar-refractivity contribution is 0.0991. The first kappa shape index (κ1) is 36.0. The Morgan fingerprint density at radius 2 is 1.11 bits per heavy atom. The first-order valence-corrected chi connectivity index (χ1v) is 18.3. The fourth-order valence-electron chi connectivity index (χ4n) is 7.43. The number of imidazole rings is 2. The van der Waals surface area contributed by atoms with Gasteiger partial charge in [-0.1, -0.05) is 12.2 Å². The molecule has 2 aliphatic rings. The molecular weight excluding hydrogens is 720 g/mol. The molecule has 6 heterocycles. The summed E-state index contributed by atoms with van der Waals surface area (Å²) in [6.45, 7) is 8.93. The molecule has 56 heavy (non-hydrogen) atoms. The lowest BCUT2D eigenvalue weighted by Gasteiger charge is -2.27. The molecule has 8 rings (SSSR count). The van der Waals surface area contributed by atoms with Crippen LogP contribution in [0, 0.1) is 13.8 Å². The van der Waals surface area contributed by atoms with E-state index in [0.717, 1.165) is 0 Å². The topological polar surface area (TPSA) is 234 Å². The number of nitrogens with two attached hydrogens (primary N) is 2. The second kappa shape index (κ2) is 14.0. The highest BCUT2D eigenvalue weighted by molar-refractivity contribution is 6.05. The van der Waals surface area contributed by atoms with Crippen LogP contribution in [0.5, 0.6) is 11.5 Å². The minimum atomic E-state index is -0.623. The largest absolute Gasteiger partial charge is 0.489 e. The highest BCUT2D eigenvalue weighted by Gasteiger charge is 2.31. The zero-order valence-electron chi connectivity index (χ0n) is 31.2. The van der Waals surface area contributed by atoms with E-state index in [1.807, 2.05) is 49.0 Å².